The summed E-state index contributed by atoms with van der Waals surface area (Å²) in [5, 5.41) is 3.76. The highest BCUT2D eigenvalue weighted by atomic mass is 79.9. The fourth-order valence-electron chi connectivity index (χ4n) is 2.12. The first-order valence-corrected chi connectivity index (χ1v) is 10.2. The molecule has 1 aromatic heterocycles. The van der Waals surface area contributed by atoms with Crippen molar-refractivity contribution in [3.05, 3.63) is 44.1 Å². The van der Waals surface area contributed by atoms with Gasteiger partial charge in [-0.3, -0.25) is 4.68 Å². The summed E-state index contributed by atoms with van der Waals surface area (Å²) in [5.41, 5.74) is -0.709. The Labute approximate surface area is 166 Å². The minimum Gasteiger partial charge on any atom is -0.268 e. The molecule has 0 saturated heterocycles. The Bertz CT molecular complexity index is 917. The molecule has 1 aromatic carbocycles. The van der Waals surface area contributed by atoms with Crippen LogP contribution in [0.5, 0.6) is 0 Å². The second-order valence-corrected chi connectivity index (χ2v) is 8.67. The van der Waals surface area contributed by atoms with Crippen LogP contribution in [-0.2, 0) is 22.7 Å². The van der Waals surface area contributed by atoms with Gasteiger partial charge in [0.2, 0.25) is 10.0 Å². The van der Waals surface area contributed by atoms with Crippen molar-refractivity contribution in [2.45, 2.75) is 31.0 Å². The highest BCUT2D eigenvalue weighted by Crippen LogP contribution is 2.35. The van der Waals surface area contributed by atoms with Crippen LogP contribution in [0.3, 0.4) is 0 Å². The van der Waals surface area contributed by atoms with Crippen molar-refractivity contribution in [1.82, 2.24) is 14.5 Å². The van der Waals surface area contributed by atoms with Crippen LogP contribution < -0.4 is 4.72 Å². The predicted molar refractivity (Wildman–Crippen MR) is 95.9 cm³/mol. The minimum absolute atomic E-state index is 0.0105. The van der Waals surface area contributed by atoms with E-state index >= 15 is 0 Å². The molecule has 0 fully saturated rings. The molecule has 0 aliphatic rings. The zero-order chi connectivity index (χ0) is 19.7. The lowest BCUT2D eigenvalue weighted by Crippen LogP contribution is -2.26. The smallest absolute Gasteiger partial charge is 0.268 e. The molecule has 5 nitrogen and oxygen atoms in total. The highest BCUT2D eigenvalue weighted by Gasteiger charge is 2.37. The number of nitrogens with zero attached hydrogens (tertiary/aromatic N) is 2. The lowest BCUT2D eigenvalue weighted by atomic mass is 10.3. The van der Waals surface area contributed by atoms with E-state index in [0.717, 1.165) is 0 Å². The third-order valence-electron chi connectivity index (χ3n) is 3.42. The Balaban J connectivity index is 2.02. The average molecular weight is 495 g/mol. The SMILES string of the molecule is Cc1c(Br)c(C(F)(F)F)nn1CCCNS(=O)(=O)c1cc(Cl)ccc1Cl. The van der Waals surface area contributed by atoms with Crippen molar-refractivity contribution in [2.24, 2.45) is 0 Å². The van der Waals surface area contributed by atoms with Crippen LogP contribution in [-0.4, -0.2) is 24.7 Å². The van der Waals surface area contributed by atoms with Crippen molar-refractivity contribution >= 4 is 49.2 Å². The Morgan fingerprint density at radius 2 is 1.96 bits per heavy atom. The van der Waals surface area contributed by atoms with Gasteiger partial charge in [0.1, 0.15) is 4.90 Å². The van der Waals surface area contributed by atoms with Gasteiger partial charge in [0.15, 0.2) is 5.69 Å². The monoisotopic (exact) mass is 493 g/mol. The van der Waals surface area contributed by atoms with Crippen molar-refractivity contribution in [3.63, 3.8) is 0 Å². The molecule has 26 heavy (non-hydrogen) atoms. The molecule has 0 amide bonds. The maximum absolute atomic E-state index is 12.8. The van der Waals surface area contributed by atoms with Crippen LogP contribution in [0.1, 0.15) is 17.8 Å². The van der Waals surface area contributed by atoms with Gasteiger partial charge < -0.3 is 0 Å². The molecule has 2 rings (SSSR count). The van der Waals surface area contributed by atoms with E-state index < -0.39 is 21.9 Å². The molecule has 0 aliphatic heterocycles. The van der Waals surface area contributed by atoms with E-state index in [0.29, 0.717) is 5.69 Å². The molecular weight excluding hydrogens is 482 g/mol. The van der Waals surface area contributed by atoms with E-state index in [-0.39, 0.29) is 38.9 Å². The van der Waals surface area contributed by atoms with Gasteiger partial charge in [0.05, 0.1) is 15.2 Å². The summed E-state index contributed by atoms with van der Waals surface area (Å²) in [7, 11) is -3.89. The molecule has 12 heteroatoms. The van der Waals surface area contributed by atoms with E-state index in [2.05, 4.69) is 25.8 Å². The normalized spacial score (nSPS) is 12.6. The van der Waals surface area contributed by atoms with Crippen LogP contribution in [0.4, 0.5) is 13.2 Å². The fourth-order valence-corrected chi connectivity index (χ4v) is 4.46. The zero-order valence-electron chi connectivity index (χ0n) is 13.2. The summed E-state index contributed by atoms with van der Waals surface area (Å²) in [6, 6.07) is 4.04. The molecular formula is C14H13BrCl2F3N3O2S. The largest absolute Gasteiger partial charge is 0.436 e. The molecule has 2 aromatic rings. The van der Waals surface area contributed by atoms with Crippen molar-refractivity contribution < 1.29 is 21.6 Å². The molecule has 0 radical (unpaired) electrons. The molecule has 0 unspecified atom stereocenters. The summed E-state index contributed by atoms with van der Waals surface area (Å²) in [6.07, 6.45) is -4.34. The quantitative estimate of drug-likeness (QED) is 0.594. The van der Waals surface area contributed by atoms with Gasteiger partial charge in [-0.15, -0.1) is 0 Å². The minimum atomic E-state index is -4.57. The van der Waals surface area contributed by atoms with Gasteiger partial charge in [-0.05, 0) is 47.5 Å². The Morgan fingerprint density at radius 1 is 1.31 bits per heavy atom. The molecule has 144 valence electrons. The van der Waals surface area contributed by atoms with Gasteiger partial charge in [0, 0.05) is 18.1 Å². The number of nitrogens with one attached hydrogen (secondary N) is 1. The number of sulfonamides is 1. The number of benzene rings is 1. The Morgan fingerprint density at radius 3 is 2.54 bits per heavy atom. The number of halogens is 6. The molecule has 0 spiro atoms. The maximum Gasteiger partial charge on any atom is 0.436 e. The lowest BCUT2D eigenvalue weighted by Gasteiger charge is -2.09. The Kier molecular flexibility index (Phi) is 6.66. The van der Waals surface area contributed by atoms with Crippen molar-refractivity contribution in [2.75, 3.05) is 6.54 Å². The number of aromatic nitrogens is 2. The second-order valence-electron chi connectivity index (χ2n) is 5.29. The van der Waals surface area contributed by atoms with Gasteiger partial charge >= 0.3 is 6.18 Å². The first-order valence-electron chi connectivity index (χ1n) is 7.18. The first-order chi connectivity index (χ1) is 11.9. The fraction of sp³-hybridized carbons (Fsp3) is 0.357. The number of hydrogen-bond donors (Lipinski definition) is 1. The second kappa shape index (κ2) is 8.05. The number of rotatable bonds is 6. The zero-order valence-corrected chi connectivity index (χ0v) is 17.2. The van der Waals surface area contributed by atoms with Crippen LogP contribution in [0.2, 0.25) is 10.0 Å². The van der Waals surface area contributed by atoms with Gasteiger partial charge in [-0.25, -0.2) is 13.1 Å². The number of alkyl halides is 3. The maximum atomic E-state index is 12.8. The summed E-state index contributed by atoms with van der Waals surface area (Å²) in [4.78, 5) is -0.163. The van der Waals surface area contributed by atoms with Crippen molar-refractivity contribution in [3.8, 4) is 0 Å². The molecule has 1 heterocycles. The molecule has 0 aliphatic carbocycles. The topological polar surface area (TPSA) is 64.0 Å². The summed E-state index contributed by atoms with van der Waals surface area (Å²) >= 11 is 14.5. The number of aryl methyl sites for hydroxylation is 1. The van der Waals surface area contributed by atoms with Crippen LogP contribution in [0.15, 0.2) is 27.6 Å². The van der Waals surface area contributed by atoms with Crippen LogP contribution in [0, 0.1) is 6.92 Å². The molecule has 0 atom stereocenters. The van der Waals surface area contributed by atoms with Crippen LogP contribution in [0.25, 0.3) is 0 Å². The highest BCUT2D eigenvalue weighted by molar-refractivity contribution is 9.10. The van der Waals surface area contributed by atoms with Crippen LogP contribution >= 0.6 is 39.1 Å². The van der Waals surface area contributed by atoms with Gasteiger partial charge in [0.25, 0.3) is 0 Å². The molecule has 0 saturated carbocycles. The lowest BCUT2D eigenvalue weighted by molar-refractivity contribution is -0.142. The van der Waals surface area contributed by atoms with Gasteiger partial charge in [-0.2, -0.15) is 18.3 Å². The summed E-state index contributed by atoms with van der Waals surface area (Å²) in [6.45, 7) is 1.58. The van der Waals surface area contributed by atoms with Gasteiger partial charge in [-0.1, -0.05) is 23.2 Å². The van der Waals surface area contributed by atoms with E-state index in [4.69, 9.17) is 23.2 Å². The standard InChI is InChI=1S/C14H13BrCl2F3N3O2S/c1-8-12(15)13(14(18,19)20)22-23(8)6-2-5-21-26(24,25)11-7-9(16)3-4-10(11)17/h3-4,7,21H,2,5-6H2,1H3. The first kappa shape index (κ1) is 21.5. The average Bonchev–Trinajstić information content (AvgIpc) is 2.82. The van der Waals surface area contributed by atoms with E-state index in [1.807, 2.05) is 0 Å². The third-order valence-corrected chi connectivity index (χ3v) is 6.55. The summed E-state index contributed by atoms with van der Waals surface area (Å²) in [5.74, 6) is 0. The Hall–Kier alpha value is -0.810. The molecule has 0 bridgehead atoms. The number of hydrogen-bond acceptors (Lipinski definition) is 3. The van der Waals surface area contributed by atoms with E-state index in [1.54, 1.807) is 0 Å². The summed E-state index contributed by atoms with van der Waals surface area (Å²) < 4.78 is 66.3. The van der Waals surface area contributed by atoms with Crippen molar-refractivity contribution in [1.29, 1.82) is 0 Å². The van der Waals surface area contributed by atoms with E-state index in [9.17, 15) is 21.6 Å². The molecule has 1 N–H and O–H groups in total. The predicted octanol–water partition coefficient (Wildman–Crippen LogP) is 4.65. The van der Waals surface area contributed by atoms with E-state index in [1.165, 1.54) is 29.8 Å². The third kappa shape index (κ3) is 4.92.